The average molecular weight is 433 g/mol. The molecule has 1 amide bonds. The van der Waals surface area contributed by atoms with Gasteiger partial charge in [0.15, 0.2) is 0 Å². The molecular weight excluding hydrogens is 411 g/mol. The Labute approximate surface area is 180 Å². The molecule has 2 aromatic rings. The Morgan fingerprint density at radius 3 is 2.61 bits per heavy atom. The standard InChI is InChI=1S/C22H22Cl2N2OS/c1-22(2,3)13-7-8-14-16(12-25)21(28-19(14)11-13)26-20(27)10-9-15-17(23)5-4-6-18(15)24/h4-6,9-10,13H,7-8,11H2,1-3H3,(H,26,27)/b10-9-/t13-/m1/s1. The predicted octanol–water partition coefficient (Wildman–Crippen LogP) is 6.73. The first-order valence-corrected chi connectivity index (χ1v) is 10.8. The first-order valence-electron chi connectivity index (χ1n) is 9.18. The van der Waals surface area contributed by atoms with Crippen molar-refractivity contribution in [3.05, 3.63) is 55.9 Å². The van der Waals surface area contributed by atoms with E-state index in [0.29, 0.717) is 32.1 Å². The number of carbonyl (C=O) groups is 1. The number of carbonyl (C=O) groups excluding carboxylic acids is 1. The van der Waals surface area contributed by atoms with Crippen molar-refractivity contribution in [3.8, 4) is 6.07 Å². The maximum Gasteiger partial charge on any atom is 0.249 e. The Balaban J connectivity index is 1.80. The Bertz CT molecular complexity index is 959. The van der Waals surface area contributed by atoms with Gasteiger partial charge in [0.1, 0.15) is 11.1 Å². The van der Waals surface area contributed by atoms with E-state index in [2.05, 4.69) is 32.2 Å². The molecule has 0 fully saturated rings. The second-order valence-corrected chi connectivity index (χ2v) is 10.0. The molecule has 28 heavy (non-hydrogen) atoms. The van der Waals surface area contributed by atoms with Crippen LogP contribution in [0.15, 0.2) is 24.3 Å². The normalized spacial score (nSPS) is 16.6. The molecule has 0 radical (unpaired) electrons. The molecule has 1 heterocycles. The van der Waals surface area contributed by atoms with Crippen molar-refractivity contribution in [3.63, 3.8) is 0 Å². The number of benzene rings is 1. The predicted molar refractivity (Wildman–Crippen MR) is 118 cm³/mol. The van der Waals surface area contributed by atoms with Gasteiger partial charge in [0.2, 0.25) is 5.91 Å². The number of rotatable bonds is 3. The Kier molecular flexibility index (Phi) is 6.19. The zero-order valence-electron chi connectivity index (χ0n) is 16.1. The lowest BCUT2D eigenvalue weighted by Gasteiger charge is -2.33. The highest BCUT2D eigenvalue weighted by Crippen LogP contribution is 2.44. The Morgan fingerprint density at radius 2 is 2.00 bits per heavy atom. The molecule has 0 saturated carbocycles. The van der Waals surface area contributed by atoms with Crippen LogP contribution in [-0.4, -0.2) is 5.91 Å². The minimum atomic E-state index is -0.307. The number of amides is 1. The number of hydrogen-bond acceptors (Lipinski definition) is 3. The van der Waals surface area contributed by atoms with Gasteiger partial charge in [-0.1, -0.05) is 50.0 Å². The SMILES string of the molecule is CC(C)(C)[C@@H]1CCc2c(sc(NC(=O)/C=C\c3c(Cl)cccc3Cl)c2C#N)C1. The van der Waals surface area contributed by atoms with Gasteiger partial charge >= 0.3 is 0 Å². The fourth-order valence-electron chi connectivity index (χ4n) is 3.51. The molecule has 1 aromatic heterocycles. The molecule has 1 atom stereocenters. The van der Waals surface area contributed by atoms with Gasteiger partial charge in [0.05, 0.1) is 5.56 Å². The number of nitrogens with zero attached hydrogens (tertiary/aromatic N) is 1. The lowest BCUT2D eigenvalue weighted by atomic mass is 9.72. The van der Waals surface area contributed by atoms with E-state index in [1.165, 1.54) is 22.3 Å². The highest BCUT2D eigenvalue weighted by molar-refractivity contribution is 7.16. The molecule has 0 aliphatic heterocycles. The summed E-state index contributed by atoms with van der Waals surface area (Å²) in [5.74, 6) is 0.273. The van der Waals surface area contributed by atoms with Crippen LogP contribution < -0.4 is 5.32 Å². The molecule has 0 bridgehead atoms. The molecule has 3 rings (SSSR count). The van der Waals surface area contributed by atoms with Gasteiger partial charge in [-0.15, -0.1) is 11.3 Å². The van der Waals surface area contributed by atoms with Crippen molar-refractivity contribution in [1.29, 1.82) is 5.26 Å². The summed E-state index contributed by atoms with van der Waals surface area (Å²) in [5.41, 5.74) is 2.53. The quantitative estimate of drug-likeness (QED) is 0.546. The van der Waals surface area contributed by atoms with E-state index in [0.717, 1.165) is 24.8 Å². The number of nitriles is 1. The van der Waals surface area contributed by atoms with Crippen LogP contribution in [0.4, 0.5) is 5.00 Å². The van der Waals surface area contributed by atoms with Gasteiger partial charge in [0.25, 0.3) is 0 Å². The number of thiophene rings is 1. The number of halogens is 2. The molecule has 0 unspecified atom stereocenters. The average Bonchev–Trinajstić information content (AvgIpc) is 2.96. The van der Waals surface area contributed by atoms with Crippen molar-refractivity contribution in [2.45, 2.75) is 40.0 Å². The molecule has 0 spiro atoms. The van der Waals surface area contributed by atoms with E-state index in [-0.39, 0.29) is 11.3 Å². The molecule has 0 saturated heterocycles. The molecule has 146 valence electrons. The van der Waals surface area contributed by atoms with Crippen LogP contribution in [0.2, 0.25) is 10.0 Å². The summed E-state index contributed by atoms with van der Waals surface area (Å²) in [7, 11) is 0. The smallest absolute Gasteiger partial charge is 0.249 e. The van der Waals surface area contributed by atoms with E-state index in [1.54, 1.807) is 24.3 Å². The zero-order chi connectivity index (χ0) is 20.5. The summed E-state index contributed by atoms with van der Waals surface area (Å²) in [6, 6.07) is 7.48. The lowest BCUT2D eigenvalue weighted by Crippen LogP contribution is -2.26. The number of nitrogens with one attached hydrogen (secondary N) is 1. The van der Waals surface area contributed by atoms with Crippen LogP contribution in [0.1, 0.15) is 48.8 Å². The molecule has 1 N–H and O–H groups in total. The molecular formula is C22H22Cl2N2OS. The van der Waals surface area contributed by atoms with E-state index in [9.17, 15) is 10.1 Å². The molecule has 6 heteroatoms. The first kappa shape index (κ1) is 20.9. The summed E-state index contributed by atoms with van der Waals surface area (Å²) in [6.07, 6.45) is 5.90. The van der Waals surface area contributed by atoms with Crippen molar-refractivity contribution < 1.29 is 4.79 Å². The van der Waals surface area contributed by atoms with Crippen molar-refractivity contribution in [2.24, 2.45) is 11.3 Å². The summed E-state index contributed by atoms with van der Waals surface area (Å²) in [6.45, 7) is 6.78. The van der Waals surface area contributed by atoms with Crippen molar-refractivity contribution in [2.75, 3.05) is 5.32 Å². The van der Waals surface area contributed by atoms with Gasteiger partial charge in [0, 0.05) is 26.6 Å². The van der Waals surface area contributed by atoms with Gasteiger partial charge in [-0.2, -0.15) is 5.26 Å². The maximum atomic E-state index is 12.4. The second kappa shape index (κ2) is 8.29. The third-order valence-electron chi connectivity index (χ3n) is 5.24. The number of hydrogen-bond donors (Lipinski definition) is 1. The summed E-state index contributed by atoms with van der Waals surface area (Å²) >= 11 is 13.8. The maximum absolute atomic E-state index is 12.4. The number of fused-ring (bicyclic) bond motifs is 1. The topological polar surface area (TPSA) is 52.9 Å². The first-order chi connectivity index (χ1) is 13.2. The molecule has 1 aliphatic rings. The minimum Gasteiger partial charge on any atom is -0.313 e. The van der Waals surface area contributed by atoms with E-state index < -0.39 is 0 Å². The third kappa shape index (κ3) is 4.43. The van der Waals surface area contributed by atoms with E-state index in [1.807, 2.05) is 0 Å². The fourth-order valence-corrected chi connectivity index (χ4v) is 5.32. The van der Waals surface area contributed by atoms with Gasteiger partial charge in [-0.25, -0.2) is 0 Å². The van der Waals surface area contributed by atoms with Crippen LogP contribution in [-0.2, 0) is 17.6 Å². The summed E-state index contributed by atoms with van der Waals surface area (Å²) < 4.78 is 0. The van der Waals surface area contributed by atoms with Gasteiger partial charge < -0.3 is 5.32 Å². The van der Waals surface area contributed by atoms with Crippen LogP contribution in [0, 0.1) is 22.7 Å². The van der Waals surface area contributed by atoms with E-state index in [4.69, 9.17) is 23.2 Å². The molecule has 3 nitrogen and oxygen atoms in total. The molecule has 1 aliphatic carbocycles. The zero-order valence-corrected chi connectivity index (χ0v) is 18.4. The fraction of sp³-hybridized carbons (Fsp3) is 0.364. The Hall–Kier alpha value is -1.80. The highest BCUT2D eigenvalue weighted by atomic mass is 35.5. The molecule has 1 aromatic carbocycles. The third-order valence-corrected chi connectivity index (χ3v) is 7.07. The van der Waals surface area contributed by atoms with E-state index >= 15 is 0 Å². The van der Waals surface area contributed by atoms with Crippen molar-refractivity contribution in [1.82, 2.24) is 0 Å². The van der Waals surface area contributed by atoms with Crippen LogP contribution in [0.25, 0.3) is 6.08 Å². The minimum absolute atomic E-state index is 0.231. The van der Waals surface area contributed by atoms with Crippen LogP contribution in [0.3, 0.4) is 0 Å². The van der Waals surface area contributed by atoms with Gasteiger partial charge in [-0.05, 0) is 54.4 Å². The second-order valence-electron chi connectivity index (χ2n) is 8.08. The number of anilines is 1. The van der Waals surface area contributed by atoms with Crippen LogP contribution in [0.5, 0.6) is 0 Å². The summed E-state index contributed by atoms with van der Waals surface area (Å²) in [4.78, 5) is 13.6. The van der Waals surface area contributed by atoms with Crippen LogP contribution >= 0.6 is 34.5 Å². The largest absolute Gasteiger partial charge is 0.313 e. The van der Waals surface area contributed by atoms with Gasteiger partial charge in [-0.3, -0.25) is 4.79 Å². The van der Waals surface area contributed by atoms with Crippen molar-refractivity contribution >= 4 is 51.5 Å². The Morgan fingerprint density at radius 1 is 1.32 bits per heavy atom. The highest BCUT2D eigenvalue weighted by Gasteiger charge is 2.32. The monoisotopic (exact) mass is 432 g/mol. The lowest BCUT2D eigenvalue weighted by molar-refractivity contribution is -0.111. The summed E-state index contributed by atoms with van der Waals surface area (Å²) in [5, 5.41) is 14.1.